The summed E-state index contributed by atoms with van der Waals surface area (Å²) in [6.45, 7) is 0. The van der Waals surface area contributed by atoms with Gasteiger partial charge in [-0.1, -0.05) is 24.3 Å². The summed E-state index contributed by atoms with van der Waals surface area (Å²) in [5.74, 6) is -0.196. The Morgan fingerprint density at radius 1 is 1.00 bits per heavy atom. The van der Waals surface area contributed by atoms with Crippen molar-refractivity contribution in [3.63, 3.8) is 0 Å². The van der Waals surface area contributed by atoms with Gasteiger partial charge in [-0.25, -0.2) is 8.42 Å². The third-order valence-electron chi connectivity index (χ3n) is 3.69. The Labute approximate surface area is 148 Å². The van der Waals surface area contributed by atoms with E-state index in [-0.39, 0.29) is 22.0 Å². The van der Waals surface area contributed by atoms with Crippen molar-refractivity contribution in [3.8, 4) is 5.75 Å². The Morgan fingerprint density at radius 3 is 2.19 bits per heavy atom. The molecule has 0 aliphatic heterocycles. The van der Waals surface area contributed by atoms with E-state index in [1.54, 1.807) is 24.3 Å². The third kappa shape index (κ3) is 3.38. The molecule has 9 heteroatoms. The first-order valence-corrected chi connectivity index (χ1v) is 9.27. The van der Waals surface area contributed by atoms with Gasteiger partial charge in [-0.05, 0) is 18.2 Å². The molecule has 0 amide bonds. The van der Waals surface area contributed by atoms with Crippen LogP contribution in [0.2, 0.25) is 0 Å². The van der Waals surface area contributed by atoms with Crippen molar-refractivity contribution in [1.29, 1.82) is 0 Å². The van der Waals surface area contributed by atoms with Crippen LogP contribution in [-0.4, -0.2) is 24.7 Å². The lowest BCUT2D eigenvalue weighted by Gasteiger charge is -2.08. The van der Waals surface area contributed by atoms with E-state index in [0.29, 0.717) is 16.5 Å². The van der Waals surface area contributed by atoms with Crippen LogP contribution in [0.5, 0.6) is 5.75 Å². The monoisotopic (exact) mass is 371 g/mol. The smallest absolute Gasteiger partial charge is 0.269 e. The van der Waals surface area contributed by atoms with Crippen LogP contribution in [0, 0.1) is 10.1 Å². The number of hydrogen-bond acceptors (Lipinski definition) is 7. The zero-order valence-electron chi connectivity index (χ0n) is 13.5. The zero-order chi connectivity index (χ0) is 18.9. The van der Waals surface area contributed by atoms with Gasteiger partial charge in [0.2, 0.25) is 0 Å². The molecule has 0 aliphatic carbocycles. The van der Waals surface area contributed by atoms with E-state index in [1.807, 2.05) is 0 Å². The molecule has 8 nitrogen and oxygen atoms in total. The highest BCUT2D eigenvalue weighted by molar-refractivity contribution is 7.91. The molecule has 0 aromatic heterocycles. The van der Waals surface area contributed by atoms with Gasteiger partial charge in [0.15, 0.2) is 15.6 Å². The number of aromatic hydroxyl groups is 1. The molecular weight excluding hydrogens is 358 g/mol. The summed E-state index contributed by atoms with van der Waals surface area (Å²) >= 11 is 0. The first kappa shape index (κ1) is 17.5. The van der Waals surface area contributed by atoms with Crippen LogP contribution in [0.3, 0.4) is 0 Å². The summed E-state index contributed by atoms with van der Waals surface area (Å²) in [4.78, 5) is 10.2. The highest BCUT2D eigenvalue weighted by Crippen LogP contribution is 2.39. The van der Waals surface area contributed by atoms with Gasteiger partial charge < -0.3 is 5.11 Å². The number of nitro groups is 1. The van der Waals surface area contributed by atoms with E-state index in [0.717, 1.165) is 6.26 Å². The van der Waals surface area contributed by atoms with Gasteiger partial charge in [0, 0.05) is 29.2 Å². The van der Waals surface area contributed by atoms with Gasteiger partial charge in [-0.3, -0.25) is 10.1 Å². The van der Waals surface area contributed by atoms with Crippen LogP contribution in [0.25, 0.3) is 10.8 Å². The fourth-order valence-corrected chi connectivity index (χ4v) is 3.35. The van der Waals surface area contributed by atoms with E-state index in [4.69, 9.17) is 0 Å². The van der Waals surface area contributed by atoms with E-state index in [1.165, 1.54) is 30.3 Å². The number of hydrogen-bond donors (Lipinski definition) is 1. The van der Waals surface area contributed by atoms with Gasteiger partial charge in [0.25, 0.3) is 5.69 Å². The van der Waals surface area contributed by atoms with Crippen molar-refractivity contribution < 1.29 is 18.4 Å². The number of rotatable bonds is 4. The van der Waals surface area contributed by atoms with Crippen LogP contribution < -0.4 is 0 Å². The van der Waals surface area contributed by atoms with Crippen molar-refractivity contribution in [1.82, 2.24) is 0 Å². The topological polar surface area (TPSA) is 122 Å². The summed E-state index contributed by atoms with van der Waals surface area (Å²) in [5, 5.41) is 29.6. The number of nitro benzene ring substituents is 1. The maximum atomic E-state index is 12.1. The summed E-state index contributed by atoms with van der Waals surface area (Å²) < 4.78 is 24.1. The Hall–Kier alpha value is -3.33. The molecule has 0 saturated heterocycles. The highest BCUT2D eigenvalue weighted by Gasteiger charge is 2.17. The van der Waals surface area contributed by atoms with E-state index >= 15 is 0 Å². The van der Waals surface area contributed by atoms with Gasteiger partial charge in [-0.2, -0.15) is 5.11 Å². The first-order valence-electron chi connectivity index (χ1n) is 7.38. The maximum absolute atomic E-state index is 12.1. The van der Waals surface area contributed by atoms with Crippen LogP contribution in [0.4, 0.5) is 17.1 Å². The number of non-ortho nitro benzene ring substituents is 1. The van der Waals surface area contributed by atoms with Gasteiger partial charge in [0.1, 0.15) is 5.69 Å². The molecule has 132 valence electrons. The van der Waals surface area contributed by atoms with Crippen molar-refractivity contribution in [3.05, 3.63) is 64.7 Å². The molecule has 0 bridgehead atoms. The summed E-state index contributed by atoms with van der Waals surface area (Å²) in [5.41, 5.74) is 0.225. The predicted octanol–water partition coefficient (Wildman–Crippen LogP) is 4.27. The second-order valence-electron chi connectivity index (χ2n) is 5.53. The SMILES string of the molecule is CS(=O)(=O)c1cc(N=Nc2ccc([N+](=O)[O-])cc2)c(O)c2ccccc12. The molecular formula is C17H13N3O5S. The molecule has 0 atom stereocenters. The van der Waals surface area contributed by atoms with Crippen molar-refractivity contribution in [2.75, 3.05) is 6.26 Å². The van der Waals surface area contributed by atoms with Gasteiger partial charge in [-0.15, -0.1) is 5.11 Å². The minimum atomic E-state index is -3.55. The van der Waals surface area contributed by atoms with Gasteiger partial charge >= 0.3 is 0 Å². The van der Waals surface area contributed by atoms with Crippen LogP contribution in [0.1, 0.15) is 0 Å². The lowest BCUT2D eigenvalue weighted by Crippen LogP contribution is -1.98. The maximum Gasteiger partial charge on any atom is 0.269 e. The Balaban J connectivity index is 2.10. The molecule has 3 rings (SSSR count). The zero-order valence-corrected chi connectivity index (χ0v) is 14.3. The standard InChI is InChI=1S/C17H13N3O5S/c1-26(24,25)16-10-15(17(21)14-5-3-2-4-13(14)16)19-18-11-6-8-12(9-7-11)20(22)23/h2-10,21H,1H3. The molecule has 0 fully saturated rings. The molecule has 0 aliphatic rings. The fraction of sp³-hybridized carbons (Fsp3) is 0.0588. The molecule has 0 unspecified atom stereocenters. The Bertz CT molecular complexity index is 1140. The molecule has 0 spiro atoms. The Morgan fingerprint density at radius 2 is 1.62 bits per heavy atom. The fourth-order valence-electron chi connectivity index (χ4n) is 2.45. The molecule has 26 heavy (non-hydrogen) atoms. The average Bonchev–Trinajstić information content (AvgIpc) is 2.60. The van der Waals surface area contributed by atoms with Gasteiger partial charge in [0.05, 0.1) is 15.5 Å². The second kappa shape index (κ2) is 6.52. The quantitative estimate of drug-likeness (QED) is 0.417. The minimum absolute atomic E-state index is 0.0116. The number of fused-ring (bicyclic) bond motifs is 1. The highest BCUT2D eigenvalue weighted by atomic mass is 32.2. The predicted molar refractivity (Wildman–Crippen MR) is 96.0 cm³/mol. The molecule has 3 aromatic carbocycles. The molecule has 1 N–H and O–H groups in total. The van der Waals surface area contributed by atoms with Crippen molar-refractivity contribution >= 4 is 37.7 Å². The molecule has 0 radical (unpaired) electrons. The normalized spacial score (nSPS) is 11.9. The third-order valence-corrected chi connectivity index (χ3v) is 4.83. The number of phenols is 1. The number of sulfone groups is 1. The number of azo groups is 1. The van der Waals surface area contributed by atoms with Crippen LogP contribution in [-0.2, 0) is 9.84 Å². The summed E-state index contributed by atoms with van der Waals surface area (Å²) in [6, 6.07) is 13.1. The van der Waals surface area contributed by atoms with Crippen molar-refractivity contribution in [2.45, 2.75) is 4.90 Å². The first-order chi connectivity index (χ1) is 12.3. The molecule has 3 aromatic rings. The molecule has 0 heterocycles. The van der Waals surface area contributed by atoms with E-state index in [2.05, 4.69) is 10.2 Å². The van der Waals surface area contributed by atoms with Crippen LogP contribution in [0.15, 0.2) is 69.7 Å². The average molecular weight is 371 g/mol. The lowest BCUT2D eigenvalue weighted by atomic mass is 10.1. The second-order valence-corrected chi connectivity index (χ2v) is 7.52. The van der Waals surface area contributed by atoms with E-state index < -0.39 is 14.8 Å². The van der Waals surface area contributed by atoms with Crippen molar-refractivity contribution in [2.24, 2.45) is 10.2 Å². The number of benzene rings is 3. The largest absolute Gasteiger partial charge is 0.505 e. The number of nitrogens with zero attached hydrogens (tertiary/aromatic N) is 3. The lowest BCUT2D eigenvalue weighted by molar-refractivity contribution is -0.384. The molecule has 0 saturated carbocycles. The van der Waals surface area contributed by atoms with Crippen LogP contribution >= 0.6 is 0 Å². The van der Waals surface area contributed by atoms with E-state index in [9.17, 15) is 23.6 Å². The summed E-state index contributed by atoms with van der Waals surface area (Å²) in [6.07, 6.45) is 1.07. The summed E-state index contributed by atoms with van der Waals surface area (Å²) in [7, 11) is -3.55. The Kier molecular flexibility index (Phi) is 4.39. The minimum Gasteiger partial charge on any atom is -0.505 e. The number of phenolic OH excluding ortho intramolecular Hbond substituents is 1.